The lowest BCUT2D eigenvalue weighted by molar-refractivity contribution is 0.555. The zero-order valence-corrected chi connectivity index (χ0v) is 14.9. The number of thiazole rings is 1. The standard InChI is InChI=1S/C20H27NS/c1-5-6-7-15(2)16(3)8-9-18-10-12-19(13-11-18)20-17(4)21-14-22-20/h10-15H,3,5-9H2,1-2,4H3. The summed E-state index contributed by atoms with van der Waals surface area (Å²) in [6, 6.07) is 8.94. The molecule has 1 nitrogen and oxygen atoms in total. The molecule has 0 radical (unpaired) electrons. The van der Waals surface area contributed by atoms with Gasteiger partial charge in [-0.1, -0.05) is 63.1 Å². The number of allylic oxidation sites excluding steroid dienone is 1. The lowest BCUT2D eigenvalue weighted by Gasteiger charge is -2.14. The molecule has 1 atom stereocenters. The van der Waals surface area contributed by atoms with Crippen molar-refractivity contribution in [3.63, 3.8) is 0 Å². The third-order valence-corrected chi connectivity index (χ3v) is 5.36. The Balaban J connectivity index is 1.89. The van der Waals surface area contributed by atoms with Crippen LogP contribution < -0.4 is 0 Å². The first-order valence-corrected chi connectivity index (χ1v) is 9.16. The van der Waals surface area contributed by atoms with Crippen LogP contribution in [0.3, 0.4) is 0 Å². The molecule has 0 saturated carbocycles. The van der Waals surface area contributed by atoms with Crippen molar-refractivity contribution >= 4 is 11.3 Å². The molecule has 0 bridgehead atoms. The van der Waals surface area contributed by atoms with Gasteiger partial charge in [-0.25, -0.2) is 4.98 Å². The maximum atomic E-state index is 4.33. The molecule has 118 valence electrons. The van der Waals surface area contributed by atoms with E-state index in [9.17, 15) is 0 Å². The van der Waals surface area contributed by atoms with Crippen molar-refractivity contribution in [2.45, 2.75) is 52.9 Å². The highest BCUT2D eigenvalue weighted by Gasteiger charge is 2.07. The second-order valence-corrected chi connectivity index (χ2v) is 7.02. The minimum atomic E-state index is 0.652. The van der Waals surface area contributed by atoms with E-state index in [0.717, 1.165) is 18.5 Å². The first-order chi connectivity index (χ1) is 10.6. The molecule has 0 aliphatic carbocycles. The van der Waals surface area contributed by atoms with Gasteiger partial charge in [-0.15, -0.1) is 11.3 Å². The van der Waals surface area contributed by atoms with Gasteiger partial charge < -0.3 is 0 Å². The molecule has 1 aromatic heterocycles. The highest BCUT2D eigenvalue weighted by molar-refractivity contribution is 7.13. The van der Waals surface area contributed by atoms with Gasteiger partial charge in [0.2, 0.25) is 0 Å². The Morgan fingerprint density at radius 2 is 2.00 bits per heavy atom. The van der Waals surface area contributed by atoms with Gasteiger partial charge in [0.05, 0.1) is 16.1 Å². The highest BCUT2D eigenvalue weighted by atomic mass is 32.1. The highest BCUT2D eigenvalue weighted by Crippen LogP contribution is 2.28. The molecule has 0 amide bonds. The SMILES string of the molecule is C=C(CCc1ccc(-c2scnc2C)cc1)C(C)CCCC. The van der Waals surface area contributed by atoms with E-state index < -0.39 is 0 Å². The summed E-state index contributed by atoms with van der Waals surface area (Å²) in [4.78, 5) is 5.61. The Hall–Kier alpha value is -1.41. The van der Waals surface area contributed by atoms with Gasteiger partial charge >= 0.3 is 0 Å². The van der Waals surface area contributed by atoms with E-state index in [-0.39, 0.29) is 0 Å². The molecule has 22 heavy (non-hydrogen) atoms. The largest absolute Gasteiger partial charge is 0.249 e. The van der Waals surface area contributed by atoms with Crippen LogP contribution >= 0.6 is 11.3 Å². The number of rotatable bonds is 8. The fourth-order valence-corrected chi connectivity index (χ4v) is 3.48. The molecular formula is C20H27NS. The maximum absolute atomic E-state index is 4.33. The quantitative estimate of drug-likeness (QED) is 0.511. The predicted octanol–water partition coefficient (Wildman–Crippen LogP) is 6.43. The first-order valence-electron chi connectivity index (χ1n) is 8.29. The summed E-state index contributed by atoms with van der Waals surface area (Å²) in [6.45, 7) is 10.9. The average molecular weight is 314 g/mol. The lowest BCUT2D eigenvalue weighted by atomic mass is 9.92. The van der Waals surface area contributed by atoms with Crippen molar-refractivity contribution in [3.05, 3.63) is 53.2 Å². The van der Waals surface area contributed by atoms with E-state index in [4.69, 9.17) is 0 Å². The van der Waals surface area contributed by atoms with Gasteiger partial charge in [-0.3, -0.25) is 0 Å². The van der Waals surface area contributed by atoms with E-state index in [1.165, 1.54) is 40.8 Å². The van der Waals surface area contributed by atoms with Crippen molar-refractivity contribution in [1.82, 2.24) is 4.98 Å². The van der Waals surface area contributed by atoms with E-state index in [0.29, 0.717) is 5.92 Å². The van der Waals surface area contributed by atoms with Crippen LogP contribution in [0.15, 0.2) is 41.9 Å². The van der Waals surface area contributed by atoms with Crippen LogP contribution in [0.1, 0.15) is 50.8 Å². The summed E-state index contributed by atoms with van der Waals surface area (Å²) in [5.41, 5.74) is 7.11. The van der Waals surface area contributed by atoms with E-state index in [1.807, 2.05) is 5.51 Å². The summed E-state index contributed by atoms with van der Waals surface area (Å²) in [5, 5.41) is 0. The maximum Gasteiger partial charge on any atom is 0.0801 e. The molecule has 0 saturated heterocycles. The van der Waals surface area contributed by atoms with Gasteiger partial charge in [-0.05, 0) is 43.2 Å². The van der Waals surface area contributed by atoms with E-state index in [1.54, 1.807) is 11.3 Å². The summed E-state index contributed by atoms with van der Waals surface area (Å²) in [7, 11) is 0. The smallest absolute Gasteiger partial charge is 0.0801 e. The summed E-state index contributed by atoms with van der Waals surface area (Å²) in [5.74, 6) is 0.652. The Labute approximate surface area is 139 Å². The molecular weight excluding hydrogens is 286 g/mol. The summed E-state index contributed by atoms with van der Waals surface area (Å²) < 4.78 is 0. The monoisotopic (exact) mass is 313 g/mol. The van der Waals surface area contributed by atoms with E-state index >= 15 is 0 Å². The van der Waals surface area contributed by atoms with Crippen LogP contribution in [-0.2, 0) is 6.42 Å². The van der Waals surface area contributed by atoms with Crippen molar-refractivity contribution in [2.75, 3.05) is 0 Å². The second kappa shape index (κ2) is 8.28. The molecule has 0 aliphatic rings. The number of aromatic nitrogens is 1. The molecule has 1 heterocycles. The number of nitrogens with zero attached hydrogens (tertiary/aromatic N) is 1. The predicted molar refractivity (Wildman–Crippen MR) is 98.4 cm³/mol. The Bertz CT molecular complexity index is 594. The molecule has 0 aliphatic heterocycles. The van der Waals surface area contributed by atoms with Crippen molar-refractivity contribution < 1.29 is 0 Å². The fourth-order valence-electron chi connectivity index (χ4n) is 2.67. The summed E-state index contributed by atoms with van der Waals surface area (Å²) >= 11 is 1.71. The topological polar surface area (TPSA) is 12.9 Å². The molecule has 2 heteroatoms. The molecule has 2 aromatic rings. The zero-order chi connectivity index (χ0) is 15.9. The van der Waals surface area contributed by atoms with Crippen LogP contribution in [-0.4, -0.2) is 4.98 Å². The van der Waals surface area contributed by atoms with Crippen molar-refractivity contribution in [2.24, 2.45) is 5.92 Å². The van der Waals surface area contributed by atoms with Crippen LogP contribution in [0.2, 0.25) is 0 Å². The third-order valence-electron chi connectivity index (χ3n) is 4.38. The van der Waals surface area contributed by atoms with Gasteiger partial charge in [0.1, 0.15) is 0 Å². The third kappa shape index (κ3) is 4.54. The zero-order valence-electron chi connectivity index (χ0n) is 14.1. The summed E-state index contributed by atoms with van der Waals surface area (Å²) in [6.07, 6.45) is 6.05. The minimum absolute atomic E-state index is 0.652. The van der Waals surface area contributed by atoms with Crippen LogP contribution in [0.5, 0.6) is 0 Å². The van der Waals surface area contributed by atoms with Crippen LogP contribution in [0.25, 0.3) is 10.4 Å². The van der Waals surface area contributed by atoms with Crippen LogP contribution in [0, 0.1) is 12.8 Å². The Morgan fingerprint density at radius 1 is 1.27 bits per heavy atom. The first kappa shape index (κ1) is 17.0. The number of benzene rings is 1. The molecule has 0 N–H and O–H groups in total. The number of unbranched alkanes of at least 4 members (excludes halogenated alkanes) is 1. The average Bonchev–Trinajstić information content (AvgIpc) is 2.96. The van der Waals surface area contributed by atoms with Gasteiger partial charge in [0.15, 0.2) is 0 Å². The number of hydrogen-bond donors (Lipinski definition) is 0. The van der Waals surface area contributed by atoms with Gasteiger partial charge in [0.25, 0.3) is 0 Å². The number of hydrogen-bond acceptors (Lipinski definition) is 2. The minimum Gasteiger partial charge on any atom is -0.249 e. The lowest BCUT2D eigenvalue weighted by Crippen LogP contribution is -2.00. The van der Waals surface area contributed by atoms with Gasteiger partial charge in [-0.2, -0.15) is 0 Å². The molecule has 1 unspecified atom stereocenters. The Kier molecular flexibility index (Phi) is 6.38. The molecule has 0 fully saturated rings. The van der Waals surface area contributed by atoms with Crippen LogP contribution in [0.4, 0.5) is 0 Å². The van der Waals surface area contributed by atoms with Crippen molar-refractivity contribution in [1.29, 1.82) is 0 Å². The Morgan fingerprint density at radius 3 is 2.59 bits per heavy atom. The normalized spacial score (nSPS) is 12.3. The molecule has 1 aromatic carbocycles. The molecule has 0 spiro atoms. The van der Waals surface area contributed by atoms with Crippen molar-refractivity contribution in [3.8, 4) is 10.4 Å². The van der Waals surface area contributed by atoms with Gasteiger partial charge in [0, 0.05) is 0 Å². The number of aryl methyl sites for hydroxylation is 2. The second-order valence-electron chi connectivity index (χ2n) is 6.17. The van der Waals surface area contributed by atoms with E-state index in [2.05, 4.69) is 56.6 Å². The molecule has 2 rings (SSSR count). The fraction of sp³-hybridized carbons (Fsp3) is 0.450.